The van der Waals surface area contributed by atoms with Crippen molar-refractivity contribution in [3.05, 3.63) is 52.2 Å². The average molecular weight is 347 g/mol. The molecule has 1 heterocycles. The van der Waals surface area contributed by atoms with Crippen LogP contribution in [-0.4, -0.2) is 18.3 Å². The van der Waals surface area contributed by atoms with Gasteiger partial charge >= 0.3 is 6.18 Å². The molecule has 2 rings (SSSR count). The Labute approximate surface area is 127 Å². The second kappa shape index (κ2) is 5.59. The van der Waals surface area contributed by atoms with Crippen LogP contribution in [0.3, 0.4) is 0 Å². The summed E-state index contributed by atoms with van der Waals surface area (Å²) in [6.45, 7) is 0. The standard InChI is InChI=1S/C12H8F3N3O4S/c13-12(14,15)7-5-9(18(19)20)11(17-6-7)8-3-1-2-4-10(8)23(16,21)22/h1-6H,(H2,16,21,22). The SMILES string of the molecule is NS(=O)(=O)c1ccccc1-c1ncc(C(F)(F)F)cc1[N+](=O)[O-]. The first-order chi connectivity index (χ1) is 10.5. The first-order valence-electron chi connectivity index (χ1n) is 5.85. The van der Waals surface area contributed by atoms with E-state index in [0.717, 1.165) is 6.07 Å². The van der Waals surface area contributed by atoms with Gasteiger partial charge in [-0.25, -0.2) is 18.5 Å². The first-order valence-corrected chi connectivity index (χ1v) is 7.40. The maximum atomic E-state index is 12.7. The minimum absolute atomic E-state index is 0.254. The Morgan fingerprint density at radius 2 is 1.83 bits per heavy atom. The zero-order valence-electron chi connectivity index (χ0n) is 11.1. The lowest BCUT2D eigenvalue weighted by molar-refractivity contribution is -0.384. The number of hydrogen-bond donors (Lipinski definition) is 1. The van der Waals surface area contributed by atoms with Crippen molar-refractivity contribution in [2.45, 2.75) is 11.1 Å². The van der Waals surface area contributed by atoms with E-state index in [1.807, 2.05) is 0 Å². The Morgan fingerprint density at radius 1 is 1.22 bits per heavy atom. The highest BCUT2D eigenvalue weighted by Crippen LogP contribution is 2.36. The molecular weight excluding hydrogens is 339 g/mol. The van der Waals surface area contributed by atoms with Gasteiger partial charge in [-0.1, -0.05) is 18.2 Å². The van der Waals surface area contributed by atoms with Gasteiger partial charge in [0.05, 0.1) is 15.4 Å². The number of benzene rings is 1. The Kier molecular flexibility index (Phi) is 4.09. The second-order valence-electron chi connectivity index (χ2n) is 4.39. The number of sulfonamides is 1. The van der Waals surface area contributed by atoms with Crippen LogP contribution in [0.2, 0.25) is 0 Å². The third kappa shape index (κ3) is 3.46. The van der Waals surface area contributed by atoms with Crippen LogP contribution < -0.4 is 5.14 Å². The van der Waals surface area contributed by atoms with Crippen LogP contribution in [0.4, 0.5) is 18.9 Å². The number of aromatic nitrogens is 1. The van der Waals surface area contributed by atoms with E-state index in [4.69, 9.17) is 5.14 Å². The van der Waals surface area contributed by atoms with Gasteiger partial charge in [0.1, 0.15) is 5.69 Å². The summed E-state index contributed by atoms with van der Waals surface area (Å²) >= 11 is 0. The van der Waals surface area contributed by atoms with Crippen molar-refractivity contribution < 1.29 is 26.5 Å². The van der Waals surface area contributed by atoms with E-state index in [1.165, 1.54) is 18.2 Å². The topological polar surface area (TPSA) is 116 Å². The van der Waals surface area contributed by atoms with Gasteiger partial charge in [0, 0.05) is 17.8 Å². The van der Waals surface area contributed by atoms with Gasteiger partial charge in [0.15, 0.2) is 0 Å². The van der Waals surface area contributed by atoms with E-state index in [1.54, 1.807) is 0 Å². The zero-order chi connectivity index (χ0) is 17.4. The Morgan fingerprint density at radius 3 is 2.35 bits per heavy atom. The number of nitrogens with zero attached hydrogens (tertiary/aromatic N) is 2. The van der Waals surface area contributed by atoms with E-state index in [0.29, 0.717) is 12.3 Å². The highest BCUT2D eigenvalue weighted by molar-refractivity contribution is 7.89. The van der Waals surface area contributed by atoms with Crippen molar-refractivity contribution in [3.8, 4) is 11.3 Å². The zero-order valence-corrected chi connectivity index (χ0v) is 11.9. The Balaban J connectivity index is 2.78. The summed E-state index contributed by atoms with van der Waals surface area (Å²) in [6, 6.07) is 5.21. The van der Waals surface area contributed by atoms with Gasteiger partial charge in [-0.3, -0.25) is 10.1 Å². The van der Waals surface area contributed by atoms with Crippen LogP contribution in [0, 0.1) is 10.1 Å². The fourth-order valence-electron chi connectivity index (χ4n) is 1.87. The number of alkyl halides is 3. The third-order valence-corrected chi connectivity index (χ3v) is 3.81. The van der Waals surface area contributed by atoms with Crippen LogP contribution in [0.15, 0.2) is 41.4 Å². The molecule has 0 amide bonds. The molecule has 0 unspecified atom stereocenters. The fraction of sp³-hybridized carbons (Fsp3) is 0.0833. The largest absolute Gasteiger partial charge is 0.418 e. The van der Waals surface area contributed by atoms with Crippen molar-refractivity contribution in [1.82, 2.24) is 4.98 Å². The lowest BCUT2D eigenvalue weighted by atomic mass is 10.1. The average Bonchev–Trinajstić information content (AvgIpc) is 2.44. The lowest BCUT2D eigenvalue weighted by Crippen LogP contribution is -2.14. The number of primary sulfonamides is 1. The predicted octanol–water partition coefficient (Wildman–Crippen LogP) is 2.32. The molecule has 0 atom stereocenters. The minimum atomic E-state index is -4.82. The van der Waals surface area contributed by atoms with Crippen LogP contribution in [-0.2, 0) is 16.2 Å². The number of nitro groups is 1. The summed E-state index contributed by atoms with van der Waals surface area (Å²) in [5.41, 5.74) is -3.07. The van der Waals surface area contributed by atoms with Crippen LogP contribution in [0.25, 0.3) is 11.3 Å². The fourth-order valence-corrected chi connectivity index (χ4v) is 2.60. The molecule has 0 bridgehead atoms. The molecule has 1 aromatic carbocycles. The number of rotatable bonds is 3. The number of nitrogens with two attached hydrogens (primary N) is 1. The van der Waals surface area contributed by atoms with Gasteiger partial charge in [-0.05, 0) is 6.07 Å². The Hall–Kier alpha value is -2.53. The summed E-state index contributed by atoms with van der Waals surface area (Å²) in [5, 5.41) is 16.1. The second-order valence-corrected chi connectivity index (χ2v) is 5.92. The highest BCUT2D eigenvalue weighted by atomic mass is 32.2. The molecule has 122 valence electrons. The lowest BCUT2D eigenvalue weighted by Gasteiger charge is -2.10. The summed E-state index contributed by atoms with van der Waals surface area (Å²) < 4.78 is 61.0. The summed E-state index contributed by atoms with van der Waals surface area (Å²) in [5.74, 6) is 0. The molecule has 11 heteroatoms. The maximum absolute atomic E-state index is 12.7. The molecule has 0 radical (unpaired) electrons. The molecule has 0 aliphatic carbocycles. The predicted molar refractivity (Wildman–Crippen MR) is 72.7 cm³/mol. The number of hydrogen-bond acceptors (Lipinski definition) is 5. The molecule has 7 nitrogen and oxygen atoms in total. The number of halogens is 3. The highest BCUT2D eigenvalue weighted by Gasteiger charge is 2.34. The summed E-state index contributed by atoms with van der Waals surface area (Å²) in [4.78, 5) is 12.9. The van der Waals surface area contributed by atoms with Crippen LogP contribution in [0.5, 0.6) is 0 Å². The smallest absolute Gasteiger partial charge is 0.258 e. The van der Waals surface area contributed by atoms with Crippen LogP contribution in [0.1, 0.15) is 5.56 Å². The van der Waals surface area contributed by atoms with E-state index < -0.39 is 43.0 Å². The van der Waals surface area contributed by atoms with Gasteiger partial charge in [0.2, 0.25) is 10.0 Å². The van der Waals surface area contributed by atoms with Gasteiger partial charge in [-0.15, -0.1) is 0 Å². The Bertz CT molecular complexity index is 881. The monoisotopic (exact) mass is 347 g/mol. The number of pyridine rings is 1. The molecule has 2 aromatic rings. The minimum Gasteiger partial charge on any atom is -0.258 e. The van der Waals surface area contributed by atoms with E-state index in [9.17, 15) is 31.7 Å². The van der Waals surface area contributed by atoms with Gasteiger partial charge in [0.25, 0.3) is 5.69 Å². The van der Waals surface area contributed by atoms with E-state index >= 15 is 0 Å². The summed E-state index contributed by atoms with van der Waals surface area (Å²) in [6.07, 6.45) is -4.43. The first kappa shape index (κ1) is 16.8. The molecule has 0 fully saturated rings. The van der Waals surface area contributed by atoms with Crippen LogP contribution >= 0.6 is 0 Å². The van der Waals surface area contributed by atoms with Crippen molar-refractivity contribution in [2.75, 3.05) is 0 Å². The molecule has 2 N–H and O–H groups in total. The molecule has 23 heavy (non-hydrogen) atoms. The molecule has 1 aromatic heterocycles. The normalized spacial score (nSPS) is 12.2. The molecular formula is C12H8F3N3O4S. The van der Waals surface area contributed by atoms with Crippen molar-refractivity contribution in [2.24, 2.45) is 5.14 Å². The molecule has 0 spiro atoms. The molecule has 0 aliphatic rings. The van der Waals surface area contributed by atoms with E-state index in [2.05, 4.69) is 4.98 Å². The van der Waals surface area contributed by atoms with Crippen molar-refractivity contribution >= 4 is 15.7 Å². The van der Waals surface area contributed by atoms with E-state index in [-0.39, 0.29) is 5.56 Å². The summed E-state index contributed by atoms with van der Waals surface area (Å²) in [7, 11) is -4.25. The molecule has 0 saturated heterocycles. The maximum Gasteiger partial charge on any atom is 0.418 e. The molecule has 0 saturated carbocycles. The van der Waals surface area contributed by atoms with Gasteiger partial charge in [-0.2, -0.15) is 13.2 Å². The quantitative estimate of drug-likeness (QED) is 0.675. The van der Waals surface area contributed by atoms with Crippen molar-refractivity contribution in [1.29, 1.82) is 0 Å². The molecule has 0 aliphatic heterocycles. The third-order valence-electron chi connectivity index (χ3n) is 2.84. The van der Waals surface area contributed by atoms with Crippen molar-refractivity contribution in [3.63, 3.8) is 0 Å². The van der Waals surface area contributed by atoms with Gasteiger partial charge < -0.3 is 0 Å².